The van der Waals surface area contributed by atoms with Gasteiger partial charge in [-0.15, -0.1) is 0 Å². The lowest BCUT2D eigenvalue weighted by Gasteiger charge is -2.37. The van der Waals surface area contributed by atoms with Crippen molar-refractivity contribution >= 4 is 11.8 Å². The lowest BCUT2D eigenvalue weighted by atomic mass is 9.93. The summed E-state index contributed by atoms with van der Waals surface area (Å²) in [6.07, 6.45) is 1.39. The molecule has 0 bridgehead atoms. The average Bonchev–Trinajstić information content (AvgIpc) is 2.64. The second-order valence-corrected chi connectivity index (χ2v) is 6.96. The third kappa shape index (κ3) is 2.77. The summed E-state index contributed by atoms with van der Waals surface area (Å²) in [5.41, 5.74) is 3.27. The molecule has 4 nitrogen and oxygen atoms in total. The molecule has 4 rings (SSSR count). The van der Waals surface area contributed by atoms with Crippen molar-refractivity contribution in [2.24, 2.45) is 0 Å². The Morgan fingerprint density at radius 2 is 1.81 bits per heavy atom. The van der Waals surface area contributed by atoms with Crippen LogP contribution in [-0.2, 0) is 17.6 Å². The van der Waals surface area contributed by atoms with Gasteiger partial charge in [-0.05, 0) is 43.0 Å². The third-order valence-electron chi connectivity index (χ3n) is 5.48. The molecule has 134 valence electrons. The highest BCUT2D eigenvalue weighted by Gasteiger charge is 2.32. The maximum absolute atomic E-state index is 14.2. The molecule has 0 spiro atoms. The monoisotopic (exact) mass is 352 g/mol. The fourth-order valence-corrected chi connectivity index (χ4v) is 4.08. The molecule has 26 heavy (non-hydrogen) atoms. The number of fused-ring (bicyclic) bond motifs is 2. The smallest absolute Gasteiger partial charge is 0.254 e. The van der Waals surface area contributed by atoms with E-state index in [1.807, 2.05) is 37.3 Å². The van der Waals surface area contributed by atoms with Gasteiger partial charge in [-0.1, -0.05) is 30.3 Å². The highest BCUT2D eigenvalue weighted by molar-refractivity contribution is 5.98. The van der Waals surface area contributed by atoms with Gasteiger partial charge in [0.1, 0.15) is 12.4 Å². The summed E-state index contributed by atoms with van der Waals surface area (Å²) in [4.78, 5) is 28.8. The van der Waals surface area contributed by atoms with Gasteiger partial charge in [-0.25, -0.2) is 4.39 Å². The van der Waals surface area contributed by atoms with Crippen molar-refractivity contribution in [1.82, 2.24) is 9.80 Å². The molecule has 2 heterocycles. The Labute approximate surface area is 152 Å². The Hall–Kier alpha value is -2.69. The number of nitrogens with zero attached hydrogens (tertiary/aromatic N) is 2. The first-order chi connectivity index (χ1) is 12.6. The van der Waals surface area contributed by atoms with Gasteiger partial charge in [0.25, 0.3) is 5.91 Å². The first-order valence-electron chi connectivity index (χ1n) is 9.00. The van der Waals surface area contributed by atoms with Crippen LogP contribution in [0.2, 0.25) is 0 Å². The third-order valence-corrected chi connectivity index (χ3v) is 5.48. The largest absolute Gasteiger partial charge is 0.334 e. The van der Waals surface area contributed by atoms with E-state index in [1.54, 1.807) is 15.9 Å². The summed E-state index contributed by atoms with van der Waals surface area (Å²) in [5, 5.41) is 0. The number of carbonyl (C=O) groups is 2. The van der Waals surface area contributed by atoms with Crippen LogP contribution in [0.1, 0.15) is 40.0 Å². The molecule has 0 fully saturated rings. The van der Waals surface area contributed by atoms with Gasteiger partial charge in [0, 0.05) is 24.2 Å². The zero-order valence-electron chi connectivity index (χ0n) is 14.7. The lowest BCUT2D eigenvalue weighted by Crippen LogP contribution is -2.48. The minimum absolute atomic E-state index is 0.0429. The quantitative estimate of drug-likeness (QED) is 0.834. The van der Waals surface area contributed by atoms with Gasteiger partial charge >= 0.3 is 0 Å². The van der Waals surface area contributed by atoms with E-state index in [2.05, 4.69) is 0 Å². The first kappa shape index (κ1) is 16.8. The van der Waals surface area contributed by atoms with Gasteiger partial charge in [0.05, 0.1) is 6.04 Å². The SMILES string of the molecule is CC1c2c(F)cccc2CCN1C(=O)CN1CCc2ccccc2C1=O. The van der Waals surface area contributed by atoms with Gasteiger partial charge in [-0.3, -0.25) is 9.59 Å². The predicted octanol–water partition coefficient (Wildman–Crippen LogP) is 2.97. The Bertz CT molecular complexity index is 880. The molecule has 0 aliphatic carbocycles. The second-order valence-electron chi connectivity index (χ2n) is 6.96. The van der Waals surface area contributed by atoms with E-state index in [1.165, 1.54) is 6.07 Å². The number of hydrogen-bond acceptors (Lipinski definition) is 2. The maximum Gasteiger partial charge on any atom is 0.254 e. The summed E-state index contributed by atoms with van der Waals surface area (Å²) in [6, 6.07) is 12.3. The minimum Gasteiger partial charge on any atom is -0.334 e. The van der Waals surface area contributed by atoms with Crippen LogP contribution < -0.4 is 0 Å². The van der Waals surface area contributed by atoms with E-state index in [-0.39, 0.29) is 30.2 Å². The molecule has 2 amide bonds. The number of benzene rings is 2. The number of hydrogen-bond donors (Lipinski definition) is 0. The molecule has 2 aliphatic rings. The summed E-state index contributed by atoms with van der Waals surface area (Å²) in [5.74, 6) is -0.494. The van der Waals surface area contributed by atoms with Crippen LogP contribution in [0.15, 0.2) is 42.5 Å². The predicted molar refractivity (Wildman–Crippen MR) is 96.3 cm³/mol. The van der Waals surface area contributed by atoms with E-state index in [4.69, 9.17) is 0 Å². The molecule has 0 saturated heterocycles. The van der Waals surface area contributed by atoms with E-state index >= 15 is 0 Å². The van der Waals surface area contributed by atoms with Crippen molar-refractivity contribution in [3.8, 4) is 0 Å². The average molecular weight is 352 g/mol. The standard InChI is InChI=1S/C21H21FN2O2/c1-14-20-16(6-4-8-18(20)22)10-12-24(14)19(25)13-23-11-9-15-5-2-3-7-17(15)21(23)26/h2-8,14H,9-13H2,1H3. The van der Waals surface area contributed by atoms with Crippen molar-refractivity contribution in [2.75, 3.05) is 19.6 Å². The molecule has 2 aromatic rings. The van der Waals surface area contributed by atoms with E-state index in [0.29, 0.717) is 30.6 Å². The van der Waals surface area contributed by atoms with Crippen LogP contribution in [0.4, 0.5) is 4.39 Å². The van der Waals surface area contributed by atoms with Crippen LogP contribution in [-0.4, -0.2) is 41.2 Å². The van der Waals surface area contributed by atoms with Crippen LogP contribution >= 0.6 is 0 Å². The molecule has 5 heteroatoms. The fourth-order valence-electron chi connectivity index (χ4n) is 4.08. The fraction of sp³-hybridized carbons (Fsp3) is 0.333. The summed E-state index contributed by atoms with van der Waals surface area (Å²) < 4.78 is 14.2. The van der Waals surface area contributed by atoms with Crippen molar-refractivity contribution in [3.05, 3.63) is 70.5 Å². The Balaban J connectivity index is 1.51. The van der Waals surface area contributed by atoms with E-state index in [0.717, 1.165) is 17.5 Å². The molecule has 0 radical (unpaired) electrons. The summed E-state index contributed by atoms with van der Waals surface area (Å²) in [7, 11) is 0. The Morgan fingerprint density at radius 1 is 1.08 bits per heavy atom. The van der Waals surface area contributed by atoms with E-state index < -0.39 is 0 Å². The van der Waals surface area contributed by atoms with E-state index in [9.17, 15) is 14.0 Å². The van der Waals surface area contributed by atoms with Crippen molar-refractivity contribution in [1.29, 1.82) is 0 Å². The Morgan fingerprint density at radius 3 is 2.65 bits per heavy atom. The van der Waals surface area contributed by atoms with Crippen molar-refractivity contribution < 1.29 is 14.0 Å². The number of halogens is 1. The molecular weight excluding hydrogens is 331 g/mol. The zero-order valence-corrected chi connectivity index (χ0v) is 14.7. The summed E-state index contributed by atoms with van der Waals surface area (Å²) in [6.45, 7) is 2.98. The number of amides is 2. The first-order valence-corrected chi connectivity index (χ1v) is 9.00. The minimum atomic E-state index is -0.320. The molecule has 0 aromatic heterocycles. The van der Waals surface area contributed by atoms with Gasteiger partial charge in [-0.2, -0.15) is 0 Å². The number of rotatable bonds is 2. The lowest BCUT2D eigenvalue weighted by molar-refractivity contribution is -0.134. The molecule has 1 atom stereocenters. The highest BCUT2D eigenvalue weighted by atomic mass is 19.1. The maximum atomic E-state index is 14.2. The van der Waals surface area contributed by atoms with Crippen LogP contribution in [0.5, 0.6) is 0 Å². The molecule has 0 saturated carbocycles. The number of carbonyl (C=O) groups excluding carboxylic acids is 2. The molecule has 0 N–H and O–H groups in total. The molecule has 2 aliphatic heterocycles. The van der Waals surface area contributed by atoms with Crippen molar-refractivity contribution in [2.45, 2.75) is 25.8 Å². The molecule has 1 unspecified atom stereocenters. The highest BCUT2D eigenvalue weighted by Crippen LogP contribution is 2.31. The van der Waals surface area contributed by atoms with Gasteiger partial charge < -0.3 is 9.80 Å². The molecule has 2 aromatic carbocycles. The molecular formula is C21H21FN2O2. The zero-order chi connectivity index (χ0) is 18.3. The van der Waals surface area contributed by atoms with Gasteiger partial charge in [0.15, 0.2) is 0 Å². The second kappa shape index (κ2) is 6.56. The van der Waals surface area contributed by atoms with Crippen LogP contribution in [0.25, 0.3) is 0 Å². The summed E-state index contributed by atoms with van der Waals surface area (Å²) >= 11 is 0. The van der Waals surface area contributed by atoms with Gasteiger partial charge in [0.2, 0.25) is 5.91 Å². The van der Waals surface area contributed by atoms with Crippen molar-refractivity contribution in [3.63, 3.8) is 0 Å². The van der Waals surface area contributed by atoms with Crippen LogP contribution in [0.3, 0.4) is 0 Å². The normalized spacial score (nSPS) is 19.2. The topological polar surface area (TPSA) is 40.6 Å². The Kier molecular flexibility index (Phi) is 4.23. The van der Waals surface area contributed by atoms with Crippen LogP contribution in [0, 0.1) is 5.82 Å².